The van der Waals surface area contributed by atoms with Crippen molar-refractivity contribution in [2.75, 3.05) is 32.0 Å². The lowest BCUT2D eigenvalue weighted by Crippen LogP contribution is -3.00. The molecule has 0 rings (SSSR count). The largest absolute Gasteiger partial charge is 1.00 e. The van der Waals surface area contributed by atoms with E-state index in [4.69, 9.17) is 0 Å². The van der Waals surface area contributed by atoms with E-state index in [-0.39, 0.29) is 17.0 Å². The number of quaternary nitrogens is 1. The van der Waals surface area contributed by atoms with Gasteiger partial charge < -0.3 is 21.5 Å². The third kappa shape index (κ3) is 15.6. The van der Waals surface area contributed by atoms with E-state index in [1.165, 1.54) is 100 Å². The molecule has 0 heterocycles. The van der Waals surface area contributed by atoms with Crippen molar-refractivity contribution in [3.8, 4) is 0 Å². The molecule has 0 fully saturated rings. The van der Waals surface area contributed by atoms with Gasteiger partial charge in [-0.25, -0.2) is 0 Å². The fraction of sp³-hybridized carbons (Fsp3) is 1.00. The van der Waals surface area contributed by atoms with Gasteiger partial charge >= 0.3 is 0 Å². The fourth-order valence-electron chi connectivity index (χ4n) is 2.94. The highest BCUT2D eigenvalue weighted by atomic mass is 79.9. The van der Waals surface area contributed by atoms with Crippen LogP contribution in [0.25, 0.3) is 0 Å². The van der Waals surface area contributed by atoms with Crippen molar-refractivity contribution in [2.24, 2.45) is 0 Å². The third-order valence-corrected chi connectivity index (χ3v) is 5.00. The predicted molar refractivity (Wildman–Crippen MR) is 96.7 cm³/mol. The Morgan fingerprint density at radius 3 is 1.43 bits per heavy atom. The van der Waals surface area contributed by atoms with E-state index in [2.05, 4.69) is 36.8 Å². The number of unbranched alkanes of at least 4 members (excludes halogenated alkanes) is 8. The average molecular weight is 429 g/mol. The van der Waals surface area contributed by atoms with Crippen molar-refractivity contribution in [3.63, 3.8) is 0 Å². The summed E-state index contributed by atoms with van der Waals surface area (Å²) in [5.41, 5.74) is 0. The summed E-state index contributed by atoms with van der Waals surface area (Å²) < 4.78 is 1.32. The molecule has 0 saturated carbocycles. The fourth-order valence-corrected chi connectivity index (χ4v) is 3.34. The SMILES string of the molecule is CCCCCCC[N+](C)(CCCCBr)CCCCCC.[Br-]. The Balaban J connectivity index is 0. The molecule has 0 spiro atoms. The number of halogens is 2. The quantitative estimate of drug-likeness (QED) is 0.213. The number of rotatable bonds is 15. The molecule has 0 saturated heterocycles. The first-order valence-corrected chi connectivity index (χ1v) is 10.2. The summed E-state index contributed by atoms with van der Waals surface area (Å²) in [7, 11) is 2.50. The van der Waals surface area contributed by atoms with Crippen LogP contribution in [0.5, 0.6) is 0 Å². The maximum absolute atomic E-state index is 3.56. The summed E-state index contributed by atoms with van der Waals surface area (Å²) in [5.74, 6) is 0. The number of nitrogens with zero attached hydrogens (tertiary/aromatic N) is 1. The van der Waals surface area contributed by atoms with Crippen molar-refractivity contribution in [2.45, 2.75) is 84.5 Å². The summed E-state index contributed by atoms with van der Waals surface area (Å²) >= 11 is 3.56. The van der Waals surface area contributed by atoms with Crippen LogP contribution in [-0.4, -0.2) is 36.5 Å². The zero-order chi connectivity index (χ0) is 15.1. The molecule has 0 aromatic heterocycles. The minimum Gasteiger partial charge on any atom is -1.00 e. The summed E-state index contributed by atoms with van der Waals surface area (Å²) in [6.45, 7) is 8.78. The normalized spacial score (nSPS) is 13.7. The summed E-state index contributed by atoms with van der Waals surface area (Å²) in [5, 5.41) is 1.17. The van der Waals surface area contributed by atoms with Gasteiger partial charge in [-0.05, 0) is 38.5 Å². The number of alkyl halides is 1. The van der Waals surface area contributed by atoms with Crippen molar-refractivity contribution in [3.05, 3.63) is 0 Å². The highest BCUT2D eigenvalue weighted by Crippen LogP contribution is 2.14. The van der Waals surface area contributed by atoms with Gasteiger partial charge in [-0.2, -0.15) is 0 Å². The van der Waals surface area contributed by atoms with Crippen LogP contribution in [0.1, 0.15) is 84.5 Å². The maximum Gasteiger partial charge on any atom is 0.0784 e. The molecular formula is C18H39Br2N. The molecule has 0 aliphatic carbocycles. The lowest BCUT2D eigenvalue weighted by Gasteiger charge is -2.35. The van der Waals surface area contributed by atoms with Gasteiger partial charge in [0.25, 0.3) is 0 Å². The van der Waals surface area contributed by atoms with E-state index < -0.39 is 0 Å². The smallest absolute Gasteiger partial charge is 0.0784 e. The lowest BCUT2D eigenvalue weighted by atomic mass is 10.1. The van der Waals surface area contributed by atoms with Crippen molar-refractivity contribution in [1.82, 2.24) is 0 Å². The zero-order valence-electron chi connectivity index (χ0n) is 14.8. The standard InChI is InChI=1S/C18H39BrN.BrH/c1-4-6-8-10-13-17-20(3,18-14-11-15-19)16-12-9-7-5-2;/h4-18H2,1-3H3;1H/q+1;/p-1. The van der Waals surface area contributed by atoms with Crippen molar-refractivity contribution >= 4 is 15.9 Å². The van der Waals surface area contributed by atoms with E-state index in [9.17, 15) is 0 Å². The molecule has 130 valence electrons. The second kappa shape index (κ2) is 17.3. The summed E-state index contributed by atoms with van der Waals surface area (Å²) in [6.07, 6.45) is 15.4. The highest BCUT2D eigenvalue weighted by Gasteiger charge is 2.19. The second-order valence-electron chi connectivity index (χ2n) is 6.66. The Bertz CT molecular complexity index is 200. The van der Waals surface area contributed by atoms with E-state index >= 15 is 0 Å². The minimum absolute atomic E-state index is 0. The average Bonchev–Trinajstić information content (AvgIpc) is 2.44. The molecular weight excluding hydrogens is 390 g/mol. The van der Waals surface area contributed by atoms with Gasteiger partial charge in [0, 0.05) is 5.33 Å². The molecule has 0 aromatic carbocycles. The summed E-state index contributed by atoms with van der Waals surface area (Å²) in [6, 6.07) is 0. The van der Waals surface area contributed by atoms with Crippen molar-refractivity contribution < 1.29 is 21.5 Å². The molecule has 0 radical (unpaired) electrons. The Hall–Kier alpha value is 0.920. The molecule has 0 amide bonds. The first kappa shape index (κ1) is 24.2. The van der Waals surface area contributed by atoms with Crippen LogP contribution in [0.4, 0.5) is 0 Å². The second-order valence-corrected chi connectivity index (χ2v) is 7.45. The van der Waals surface area contributed by atoms with E-state index in [0.29, 0.717) is 0 Å². The topological polar surface area (TPSA) is 0 Å². The minimum atomic E-state index is 0. The third-order valence-electron chi connectivity index (χ3n) is 4.43. The first-order valence-electron chi connectivity index (χ1n) is 9.08. The van der Waals surface area contributed by atoms with Gasteiger partial charge in [0.15, 0.2) is 0 Å². The molecule has 0 aliphatic rings. The van der Waals surface area contributed by atoms with Crippen LogP contribution in [0, 0.1) is 0 Å². The first-order chi connectivity index (χ1) is 9.68. The van der Waals surface area contributed by atoms with E-state index in [1.54, 1.807) is 0 Å². The predicted octanol–water partition coefficient (Wildman–Crippen LogP) is 3.16. The van der Waals surface area contributed by atoms with Crippen LogP contribution in [-0.2, 0) is 0 Å². The van der Waals surface area contributed by atoms with Gasteiger partial charge in [0.2, 0.25) is 0 Å². The molecule has 0 N–H and O–H groups in total. The van der Waals surface area contributed by atoms with Gasteiger partial charge in [0.1, 0.15) is 0 Å². The zero-order valence-corrected chi connectivity index (χ0v) is 18.0. The Morgan fingerprint density at radius 1 is 0.619 bits per heavy atom. The molecule has 21 heavy (non-hydrogen) atoms. The Kier molecular flexibility index (Phi) is 19.9. The van der Waals surface area contributed by atoms with E-state index in [0.717, 1.165) is 0 Å². The van der Waals surface area contributed by atoms with Gasteiger partial charge in [0.05, 0.1) is 26.7 Å². The monoisotopic (exact) mass is 427 g/mol. The van der Waals surface area contributed by atoms with Gasteiger partial charge in [-0.15, -0.1) is 0 Å². The van der Waals surface area contributed by atoms with Crippen LogP contribution >= 0.6 is 15.9 Å². The summed E-state index contributed by atoms with van der Waals surface area (Å²) in [4.78, 5) is 0. The molecule has 1 atom stereocenters. The lowest BCUT2D eigenvalue weighted by molar-refractivity contribution is -0.910. The highest BCUT2D eigenvalue weighted by molar-refractivity contribution is 9.09. The van der Waals surface area contributed by atoms with Crippen LogP contribution < -0.4 is 17.0 Å². The Morgan fingerprint density at radius 2 is 1.00 bits per heavy atom. The van der Waals surface area contributed by atoms with Gasteiger partial charge in [-0.3, -0.25) is 0 Å². The molecule has 1 unspecified atom stereocenters. The molecule has 3 heteroatoms. The number of hydrogen-bond donors (Lipinski definition) is 0. The molecule has 1 nitrogen and oxygen atoms in total. The number of hydrogen-bond acceptors (Lipinski definition) is 0. The molecule has 0 bridgehead atoms. The van der Waals surface area contributed by atoms with Gasteiger partial charge in [-0.1, -0.05) is 61.9 Å². The Labute approximate surface area is 153 Å². The van der Waals surface area contributed by atoms with Crippen LogP contribution in [0.3, 0.4) is 0 Å². The van der Waals surface area contributed by atoms with E-state index in [1.807, 2.05) is 0 Å². The molecule has 0 aromatic rings. The van der Waals surface area contributed by atoms with Crippen LogP contribution in [0.15, 0.2) is 0 Å². The van der Waals surface area contributed by atoms with Crippen LogP contribution in [0.2, 0.25) is 0 Å². The van der Waals surface area contributed by atoms with Crippen molar-refractivity contribution in [1.29, 1.82) is 0 Å². The molecule has 0 aliphatic heterocycles. The maximum atomic E-state index is 3.56.